The van der Waals surface area contributed by atoms with Crippen molar-refractivity contribution in [1.29, 1.82) is 0 Å². The maximum atomic E-state index is 14.4. The average Bonchev–Trinajstić information content (AvgIpc) is 2.54. The number of thioether (sulfide) groups is 1. The van der Waals surface area contributed by atoms with Gasteiger partial charge in [0.25, 0.3) is 0 Å². The summed E-state index contributed by atoms with van der Waals surface area (Å²) in [6.07, 6.45) is 0. The van der Waals surface area contributed by atoms with E-state index < -0.39 is 40.6 Å². The Morgan fingerprint density at radius 3 is 2.87 bits per heavy atom. The molecule has 124 valence electrons. The van der Waals surface area contributed by atoms with Crippen LogP contribution in [0.15, 0.2) is 27.7 Å². The van der Waals surface area contributed by atoms with E-state index in [1.54, 1.807) is 19.1 Å². The predicted octanol–water partition coefficient (Wildman–Crippen LogP) is 3.00. The summed E-state index contributed by atoms with van der Waals surface area (Å²) in [7, 11) is 1.26. The Labute approximate surface area is 145 Å². The number of amidine groups is 1. The van der Waals surface area contributed by atoms with Crippen molar-refractivity contribution in [2.45, 2.75) is 23.1 Å². The molecule has 2 aliphatic rings. The van der Waals surface area contributed by atoms with Crippen LogP contribution in [0.25, 0.3) is 0 Å². The number of halogens is 3. The number of fused-ring (bicyclic) bond motifs is 2. The van der Waals surface area contributed by atoms with Crippen molar-refractivity contribution in [3.8, 4) is 0 Å². The maximum Gasteiger partial charge on any atom is 0.323 e. The van der Waals surface area contributed by atoms with Crippen LogP contribution in [0.5, 0.6) is 0 Å². The molecule has 2 bridgehead atoms. The number of esters is 1. The molecule has 0 unspecified atom stereocenters. The third-order valence-electron chi connectivity index (χ3n) is 4.90. The van der Waals surface area contributed by atoms with E-state index in [4.69, 9.17) is 10.5 Å². The highest BCUT2D eigenvalue weighted by atomic mass is 79.9. The molecule has 1 fully saturated rings. The Hall–Kier alpha value is -1.15. The van der Waals surface area contributed by atoms with Gasteiger partial charge in [-0.2, -0.15) is 0 Å². The third-order valence-corrected chi connectivity index (χ3v) is 6.79. The van der Waals surface area contributed by atoms with Crippen LogP contribution in [0.3, 0.4) is 0 Å². The Bertz CT molecular complexity index is 717. The molecule has 1 saturated carbocycles. The molecular weight excluding hydrogens is 390 g/mol. The van der Waals surface area contributed by atoms with Gasteiger partial charge < -0.3 is 10.5 Å². The lowest BCUT2D eigenvalue weighted by Crippen LogP contribution is -2.76. The van der Waals surface area contributed by atoms with Crippen LogP contribution >= 0.6 is 27.7 Å². The quantitative estimate of drug-likeness (QED) is 0.786. The smallest absolute Gasteiger partial charge is 0.323 e. The SMILES string of the molecule is COC(=O)[C@]12SC(N)=N[C@@](CF)([C@@H]1C)[C@@H]2c1cc(Br)ccc1F. The highest BCUT2D eigenvalue weighted by molar-refractivity contribution is 9.10. The van der Waals surface area contributed by atoms with E-state index in [9.17, 15) is 13.6 Å². The fourth-order valence-corrected chi connectivity index (χ4v) is 5.75. The van der Waals surface area contributed by atoms with Crippen molar-refractivity contribution in [2.75, 3.05) is 13.8 Å². The number of benzene rings is 1. The molecule has 2 N–H and O–H groups in total. The Morgan fingerprint density at radius 1 is 1.57 bits per heavy atom. The van der Waals surface area contributed by atoms with Crippen molar-refractivity contribution in [2.24, 2.45) is 16.6 Å². The first-order valence-electron chi connectivity index (χ1n) is 6.97. The summed E-state index contributed by atoms with van der Waals surface area (Å²) < 4.78 is 32.8. The summed E-state index contributed by atoms with van der Waals surface area (Å²) in [5.41, 5.74) is 4.80. The first kappa shape index (κ1) is 16.7. The van der Waals surface area contributed by atoms with Gasteiger partial charge in [0.05, 0.1) is 7.11 Å². The fourth-order valence-electron chi connectivity index (χ4n) is 3.81. The normalized spacial score (nSPS) is 35.3. The van der Waals surface area contributed by atoms with Crippen molar-refractivity contribution in [3.63, 3.8) is 0 Å². The van der Waals surface area contributed by atoms with Crippen LogP contribution in [-0.2, 0) is 9.53 Å². The molecule has 3 rings (SSSR count). The monoisotopic (exact) mass is 404 g/mol. The molecule has 1 aromatic rings. The van der Waals surface area contributed by atoms with Crippen molar-refractivity contribution >= 4 is 38.8 Å². The zero-order valence-corrected chi connectivity index (χ0v) is 14.9. The number of alkyl halides is 1. The molecule has 8 heteroatoms. The molecule has 1 aromatic carbocycles. The molecule has 0 saturated heterocycles. The van der Waals surface area contributed by atoms with Gasteiger partial charge in [-0.3, -0.25) is 9.79 Å². The van der Waals surface area contributed by atoms with E-state index in [1.165, 1.54) is 13.2 Å². The Morgan fingerprint density at radius 2 is 2.26 bits per heavy atom. The van der Waals surface area contributed by atoms with Gasteiger partial charge in [-0.25, -0.2) is 8.78 Å². The number of rotatable bonds is 3. The number of nitrogens with two attached hydrogens (primary N) is 1. The zero-order valence-electron chi connectivity index (χ0n) is 12.5. The van der Waals surface area contributed by atoms with Crippen molar-refractivity contribution in [1.82, 2.24) is 0 Å². The topological polar surface area (TPSA) is 64.7 Å². The maximum absolute atomic E-state index is 14.4. The van der Waals surface area contributed by atoms with E-state index in [2.05, 4.69) is 20.9 Å². The first-order chi connectivity index (χ1) is 10.8. The van der Waals surface area contributed by atoms with Gasteiger partial charge in [0.2, 0.25) is 0 Å². The number of methoxy groups -OCH3 is 1. The number of ether oxygens (including phenoxy) is 1. The highest BCUT2D eigenvalue weighted by Gasteiger charge is 2.77. The second kappa shape index (κ2) is 5.44. The van der Waals surface area contributed by atoms with E-state index >= 15 is 0 Å². The van der Waals surface area contributed by atoms with Gasteiger partial charge in [-0.05, 0) is 23.8 Å². The van der Waals surface area contributed by atoms with E-state index in [-0.39, 0.29) is 10.7 Å². The second-order valence-corrected chi connectivity index (χ2v) is 8.00. The molecule has 1 aliphatic heterocycles. The number of hydrogen-bond donors (Lipinski definition) is 1. The van der Waals surface area contributed by atoms with Gasteiger partial charge >= 0.3 is 5.97 Å². The van der Waals surface area contributed by atoms with Crippen LogP contribution in [0.1, 0.15) is 18.4 Å². The Kier molecular flexibility index (Phi) is 3.95. The summed E-state index contributed by atoms with van der Waals surface area (Å²) in [5, 5.41) is 0.123. The number of hydrogen-bond acceptors (Lipinski definition) is 5. The average molecular weight is 405 g/mol. The van der Waals surface area contributed by atoms with Gasteiger partial charge in [-0.15, -0.1) is 0 Å². The lowest BCUT2D eigenvalue weighted by atomic mass is 9.49. The Balaban J connectivity index is 2.24. The number of carbonyl (C=O) groups excluding carboxylic acids is 1. The third kappa shape index (κ3) is 2.00. The van der Waals surface area contributed by atoms with E-state index in [0.29, 0.717) is 4.47 Å². The predicted molar refractivity (Wildman–Crippen MR) is 88.7 cm³/mol. The minimum absolute atomic E-state index is 0.123. The lowest BCUT2D eigenvalue weighted by molar-refractivity contribution is -0.154. The minimum Gasteiger partial charge on any atom is -0.468 e. The van der Waals surface area contributed by atoms with Gasteiger partial charge in [0.1, 0.15) is 22.8 Å². The lowest BCUT2D eigenvalue weighted by Gasteiger charge is -2.65. The molecule has 4 atom stereocenters. The molecule has 0 amide bonds. The number of carbonyl (C=O) groups is 1. The number of nitrogens with zero attached hydrogens (tertiary/aromatic N) is 1. The van der Waals surface area contributed by atoms with Crippen LogP contribution in [0.2, 0.25) is 0 Å². The number of aliphatic imine (C=N–C) groups is 1. The summed E-state index contributed by atoms with van der Waals surface area (Å²) in [5.74, 6) is -2.29. The summed E-state index contributed by atoms with van der Waals surface area (Å²) in [4.78, 5) is 16.8. The second-order valence-electron chi connectivity index (χ2n) is 5.78. The molecule has 0 spiro atoms. The zero-order chi connectivity index (χ0) is 17.0. The van der Waals surface area contributed by atoms with E-state index in [1.807, 2.05) is 0 Å². The van der Waals surface area contributed by atoms with Crippen LogP contribution in [0, 0.1) is 11.7 Å². The molecular formula is C15H15BrF2N2O2S. The van der Waals surface area contributed by atoms with Crippen molar-refractivity contribution < 1.29 is 18.3 Å². The minimum atomic E-state index is -1.24. The highest BCUT2D eigenvalue weighted by Crippen LogP contribution is 2.69. The van der Waals surface area contributed by atoms with Crippen LogP contribution in [-0.4, -0.2) is 35.2 Å². The molecule has 1 heterocycles. The molecule has 0 aromatic heterocycles. The molecule has 1 aliphatic carbocycles. The summed E-state index contributed by atoms with van der Waals surface area (Å²) in [6.45, 7) is 0.899. The first-order valence-corrected chi connectivity index (χ1v) is 8.58. The fraction of sp³-hybridized carbons (Fsp3) is 0.467. The van der Waals surface area contributed by atoms with Gasteiger partial charge in [-0.1, -0.05) is 34.6 Å². The van der Waals surface area contributed by atoms with Gasteiger partial charge in [0, 0.05) is 16.3 Å². The molecule has 23 heavy (non-hydrogen) atoms. The van der Waals surface area contributed by atoms with Crippen molar-refractivity contribution in [3.05, 3.63) is 34.1 Å². The standard InChI is InChI=1S/C15H15BrF2N2O2S/c1-7-14(6-17)11(9-5-8(16)3-4-10(9)18)15(7,12(21)22-2)23-13(19)20-14/h3-5,7,11H,6H2,1-2H3,(H2,19,20)/t7-,11-,14-,15-/m0/s1. The summed E-state index contributed by atoms with van der Waals surface area (Å²) >= 11 is 4.32. The van der Waals surface area contributed by atoms with Crippen LogP contribution in [0.4, 0.5) is 8.78 Å². The van der Waals surface area contributed by atoms with Crippen LogP contribution < -0.4 is 5.73 Å². The largest absolute Gasteiger partial charge is 0.468 e. The van der Waals surface area contributed by atoms with Gasteiger partial charge in [0.15, 0.2) is 5.17 Å². The van der Waals surface area contributed by atoms with E-state index in [0.717, 1.165) is 11.8 Å². The molecule has 0 radical (unpaired) electrons. The summed E-state index contributed by atoms with van der Waals surface area (Å²) in [6, 6.07) is 4.40. The molecule has 4 nitrogen and oxygen atoms in total.